The average molecular weight is 283 g/mol. The Morgan fingerprint density at radius 1 is 1.24 bits per heavy atom. The fraction of sp³-hybridized carbons (Fsp3) is 0.333. The Balaban J connectivity index is 3.68. The van der Waals surface area contributed by atoms with Gasteiger partial charge in [-0.3, -0.25) is 9.11 Å². The van der Waals surface area contributed by atoms with Gasteiger partial charge in [0.25, 0.3) is 24.3 Å². The summed E-state index contributed by atoms with van der Waals surface area (Å²) >= 11 is 0. The molecule has 0 atom stereocenters. The maximum Gasteiger partial charge on any atom is 0.294 e. The summed E-state index contributed by atoms with van der Waals surface area (Å²) in [6.45, 7) is 0. The van der Waals surface area contributed by atoms with Gasteiger partial charge < -0.3 is 5.84 Å². The molecule has 96 valence electrons. The van der Waals surface area contributed by atoms with Crippen molar-refractivity contribution in [3.8, 4) is 0 Å². The summed E-state index contributed by atoms with van der Waals surface area (Å²) in [6, 6.07) is 0. The second kappa shape index (κ2) is 4.18. The molecule has 0 bridgehead atoms. The molecule has 0 aromatic heterocycles. The van der Waals surface area contributed by atoms with Gasteiger partial charge in [-0.15, -0.1) is 5.11 Å². The minimum absolute atomic E-state index is 0.687. The molecule has 0 unspecified atom stereocenters. The molecule has 0 amide bonds. The van der Waals surface area contributed by atoms with Gasteiger partial charge in [-0.2, -0.15) is 16.8 Å². The van der Waals surface area contributed by atoms with Gasteiger partial charge in [-0.25, -0.2) is 0 Å². The van der Waals surface area contributed by atoms with Crippen molar-refractivity contribution in [3.05, 3.63) is 23.9 Å². The Labute approximate surface area is 97.2 Å². The molecular weight excluding hydrogens is 274 g/mol. The minimum Gasteiger partial charge on any atom is -0.305 e. The van der Waals surface area contributed by atoms with Gasteiger partial charge in [-0.05, 0) is 6.08 Å². The molecule has 0 saturated heterocycles. The van der Waals surface area contributed by atoms with E-state index in [-0.39, 0.29) is 0 Å². The first-order chi connectivity index (χ1) is 7.67. The summed E-state index contributed by atoms with van der Waals surface area (Å²) in [7, 11) is -10.4. The molecule has 0 radical (unpaired) electrons. The average Bonchev–Trinajstić information content (AvgIpc) is 2.15. The zero-order valence-electron chi connectivity index (χ0n) is 8.25. The van der Waals surface area contributed by atoms with Crippen molar-refractivity contribution in [3.63, 3.8) is 0 Å². The Bertz CT molecular complexity index is 568. The standard InChI is InChI=1S/C6H9N3O6S2/c7-9-8-5-3-1-2-4-6(5,16(10,11)12)17(13,14)15/h1-3H,4H2,(H2,7,8)(H,10,11,12)(H,13,14,15). The molecule has 0 fully saturated rings. The Hall–Kier alpha value is -1.30. The molecule has 1 aliphatic carbocycles. The van der Waals surface area contributed by atoms with Crippen LogP contribution in [-0.2, 0) is 20.2 Å². The van der Waals surface area contributed by atoms with Crippen LogP contribution in [0.1, 0.15) is 6.42 Å². The molecule has 1 rings (SSSR count). The monoisotopic (exact) mass is 283 g/mol. The first kappa shape index (κ1) is 13.8. The van der Waals surface area contributed by atoms with Crippen LogP contribution in [0.5, 0.6) is 0 Å². The molecule has 17 heavy (non-hydrogen) atoms. The molecule has 0 spiro atoms. The zero-order chi connectivity index (χ0) is 13.3. The summed E-state index contributed by atoms with van der Waals surface area (Å²) in [5.74, 6) is 4.71. The largest absolute Gasteiger partial charge is 0.305 e. The van der Waals surface area contributed by atoms with E-state index in [9.17, 15) is 16.8 Å². The van der Waals surface area contributed by atoms with Gasteiger partial charge in [0.2, 0.25) is 0 Å². The highest BCUT2D eigenvalue weighted by molar-refractivity contribution is 8.05. The number of nitrogens with zero attached hydrogens (tertiary/aromatic N) is 2. The molecule has 9 nitrogen and oxygen atoms in total. The minimum atomic E-state index is -5.18. The first-order valence-corrected chi connectivity index (χ1v) is 6.97. The predicted molar refractivity (Wildman–Crippen MR) is 56.7 cm³/mol. The van der Waals surface area contributed by atoms with Crippen molar-refractivity contribution in [2.24, 2.45) is 16.2 Å². The molecule has 0 aromatic rings. The second-order valence-corrected chi connectivity index (χ2v) is 6.66. The normalized spacial score (nSPS) is 20.5. The maximum atomic E-state index is 11.2. The van der Waals surface area contributed by atoms with Crippen molar-refractivity contribution < 1.29 is 25.9 Å². The predicted octanol–water partition coefficient (Wildman–Crippen LogP) is -0.372. The van der Waals surface area contributed by atoms with Crippen molar-refractivity contribution >= 4 is 20.2 Å². The van der Waals surface area contributed by atoms with Crippen molar-refractivity contribution in [2.75, 3.05) is 0 Å². The van der Waals surface area contributed by atoms with Crippen LogP contribution in [0.15, 0.2) is 34.3 Å². The molecule has 0 saturated carbocycles. The van der Waals surface area contributed by atoms with Crippen LogP contribution in [0.4, 0.5) is 0 Å². The lowest BCUT2D eigenvalue weighted by molar-refractivity contribution is 0.431. The van der Waals surface area contributed by atoms with E-state index in [4.69, 9.17) is 14.9 Å². The molecule has 0 aromatic carbocycles. The number of hydrogen-bond acceptors (Lipinski definition) is 6. The van der Waals surface area contributed by atoms with Crippen LogP contribution in [0.3, 0.4) is 0 Å². The van der Waals surface area contributed by atoms with E-state index in [2.05, 4.69) is 10.3 Å². The van der Waals surface area contributed by atoms with E-state index in [1.807, 2.05) is 0 Å². The summed E-state index contributed by atoms with van der Waals surface area (Å²) in [5.41, 5.74) is -0.687. The van der Waals surface area contributed by atoms with Gasteiger partial charge in [0, 0.05) is 6.42 Å². The molecular formula is C6H9N3O6S2. The fourth-order valence-corrected chi connectivity index (χ4v) is 3.82. The maximum absolute atomic E-state index is 11.2. The zero-order valence-corrected chi connectivity index (χ0v) is 9.89. The third kappa shape index (κ3) is 2.09. The highest BCUT2D eigenvalue weighted by atomic mass is 32.3. The quantitative estimate of drug-likeness (QED) is 0.275. The summed E-state index contributed by atoms with van der Waals surface area (Å²) in [5, 5.41) is 5.86. The lowest BCUT2D eigenvalue weighted by atomic mass is 10.1. The summed E-state index contributed by atoms with van der Waals surface area (Å²) in [6.07, 6.45) is 2.69. The van der Waals surface area contributed by atoms with E-state index >= 15 is 0 Å². The second-order valence-electron chi connectivity index (χ2n) is 3.10. The van der Waals surface area contributed by atoms with Gasteiger partial charge in [-0.1, -0.05) is 17.4 Å². The van der Waals surface area contributed by atoms with Crippen LogP contribution in [0.25, 0.3) is 0 Å². The fourth-order valence-electron chi connectivity index (χ4n) is 1.39. The highest BCUT2D eigenvalue weighted by Crippen LogP contribution is 2.38. The molecule has 11 heteroatoms. The Morgan fingerprint density at radius 3 is 2.18 bits per heavy atom. The van der Waals surface area contributed by atoms with Gasteiger partial charge in [0.15, 0.2) is 0 Å². The lowest BCUT2D eigenvalue weighted by Crippen LogP contribution is -2.47. The van der Waals surface area contributed by atoms with Gasteiger partial charge >= 0.3 is 0 Å². The van der Waals surface area contributed by atoms with Crippen LogP contribution in [0, 0.1) is 0 Å². The first-order valence-electron chi connectivity index (χ1n) is 4.09. The lowest BCUT2D eigenvalue weighted by Gasteiger charge is -2.27. The number of allylic oxidation sites excluding steroid dienone is 3. The van der Waals surface area contributed by atoms with Crippen LogP contribution in [0.2, 0.25) is 0 Å². The molecule has 0 aliphatic heterocycles. The van der Waals surface area contributed by atoms with E-state index in [1.54, 1.807) is 0 Å². The summed E-state index contributed by atoms with van der Waals surface area (Å²) < 4.78 is 60.1. The third-order valence-corrected chi connectivity index (χ3v) is 5.85. The summed E-state index contributed by atoms with van der Waals surface area (Å²) in [4.78, 5) is 0. The van der Waals surface area contributed by atoms with Crippen molar-refractivity contribution in [2.45, 2.75) is 10.5 Å². The SMILES string of the molecule is NN=NC1=CC=CCC1(S(=O)(=O)O)S(=O)(=O)O. The van der Waals surface area contributed by atoms with E-state index in [0.29, 0.717) is 0 Å². The van der Waals surface area contributed by atoms with E-state index in [0.717, 1.165) is 12.2 Å². The van der Waals surface area contributed by atoms with E-state index in [1.165, 1.54) is 6.08 Å². The van der Waals surface area contributed by atoms with Gasteiger partial charge in [0.05, 0.1) is 0 Å². The van der Waals surface area contributed by atoms with Crippen molar-refractivity contribution in [1.29, 1.82) is 0 Å². The molecule has 0 heterocycles. The number of nitrogens with two attached hydrogens (primary N) is 1. The number of hydrogen-bond donors (Lipinski definition) is 3. The molecule has 1 aliphatic rings. The smallest absolute Gasteiger partial charge is 0.294 e. The van der Waals surface area contributed by atoms with E-state index < -0.39 is 36.4 Å². The molecule has 4 N–H and O–H groups in total. The Morgan fingerprint density at radius 2 is 1.76 bits per heavy atom. The van der Waals surface area contributed by atoms with Crippen LogP contribution < -0.4 is 5.84 Å². The topological polar surface area (TPSA) is 159 Å². The van der Waals surface area contributed by atoms with Crippen LogP contribution >= 0.6 is 0 Å². The Kier molecular flexibility index (Phi) is 3.38. The van der Waals surface area contributed by atoms with Crippen LogP contribution in [-0.4, -0.2) is 30.0 Å². The van der Waals surface area contributed by atoms with Crippen molar-refractivity contribution in [1.82, 2.24) is 0 Å². The highest BCUT2D eigenvalue weighted by Gasteiger charge is 2.58. The third-order valence-electron chi connectivity index (χ3n) is 2.17. The van der Waals surface area contributed by atoms with Gasteiger partial charge in [0.1, 0.15) is 5.70 Å². The number of rotatable bonds is 3.